The van der Waals surface area contributed by atoms with Gasteiger partial charge >= 0.3 is 11.8 Å². The van der Waals surface area contributed by atoms with Gasteiger partial charge in [-0.25, -0.2) is 8.78 Å². The average molecular weight is 319 g/mol. The lowest BCUT2D eigenvalue weighted by atomic mass is 10.1. The van der Waals surface area contributed by atoms with Crippen LogP contribution in [0, 0.1) is 11.6 Å². The molecule has 8 heteroatoms. The fourth-order valence-electron chi connectivity index (χ4n) is 2.01. The Morgan fingerprint density at radius 2 is 1.81 bits per heavy atom. The van der Waals surface area contributed by atoms with Crippen LogP contribution in [0.2, 0.25) is 5.02 Å². The largest absolute Gasteiger partial charge is 0.393 e. The summed E-state index contributed by atoms with van der Waals surface area (Å²) in [6.45, 7) is 0.526. The normalized spacial score (nSPS) is 15.9. The van der Waals surface area contributed by atoms with Gasteiger partial charge < -0.3 is 15.3 Å². The van der Waals surface area contributed by atoms with Crippen molar-refractivity contribution < 1.29 is 23.5 Å². The Labute approximate surface area is 124 Å². The molecular formula is C13H13ClF2N2O3. The maximum Gasteiger partial charge on any atom is 0.313 e. The van der Waals surface area contributed by atoms with Crippen molar-refractivity contribution in [2.45, 2.75) is 18.9 Å². The molecule has 114 valence electrons. The van der Waals surface area contributed by atoms with Crippen LogP contribution in [0.25, 0.3) is 0 Å². The van der Waals surface area contributed by atoms with Gasteiger partial charge in [0.05, 0.1) is 16.8 Å². The number of piperidine rings is 1. The minimum atomic E-state index is -1.18. The lowest BCUT2D eigenvalue weighted by molar-refractivity contribution is -0.144. The number of likely N-dealkylation sites (tertiary alicyclic amines) is 1. The summed E-state index contributed by atoms with van der Waals surface area (Å²) in [5.74, 6) is -4.11. The number of nitrogens with one attached hydrogen (secondary N) is 1. The van der Waals surface area contributed by atoms with Crippen molar-refractivity contribution in [3.8, 4) is 0 Å². The second-order valence-corrected chi connectivity index (χ2v) is 5.13. The van der Waals surface area contributed by atoms with E-state index in [0.717, 1.165) is 0 Å². The van der Waals surface area contributed by atoms with Crippen LogP contribution in [0.3, 0.4) is 0 Å². The Kier molecular flexibility index (Phi) is 4.74. The van der Waals surface area contributed by atoms with E-state index in [1.807, 2.05) is 0 Å². The zero-order valence-corrected chi connectivity index (χ0v) is 11.7. The summed E-state index contributed by atoms with van der Waals surface area (Å²) < 4.78 is 26.0. The number of carbonyl (C=O) groups excluding carboxylic acids is 2. The van der Waals surface area contributed by atoms with Crippen molar-refractivity contribution in [2.75, 3.05) is 18.4 Å². The minimum absolute atomic E-state index is 0.175. The predicted octanol–water partition coefficient (Wildman–Crippen LogP) is 1.54. The van der Waals surface area contributed by atoms with E-state index in [1.54, 1.807) is 0 Å². The average Bonchev–Trinajstić information content (AvgIpc) is 2.44. The second-order valence-electron chi connectivity index (χ2n) is 4.72. The maximum absolute atomic E-state index is 13.1. The molecule has 0 bridgehead atoms. The van der Waals surface area contributed by atoms with Crippen LogP contribution in [-0.4, -0.2) is 41.0 Å². The summed E-state index contributed by atoms with van der Waals surface area (Å²) in [6, 6.07) is 1.43. The summed E-state index contributed by atoms with van der Waals surface area (Å²) in [5.41, 5.74) is -0.175. The Bertz CT molecular complexity index is 575. The molecule has 0 spiro atoms. The molecule has 5 nitrogen and oxygen atoms in total. The number of rotatable bonds is 1. The monoisotopic (exact) mass is 318 g/mol. The maximum atomic E-state index is 13.1. The van der Waals surface area contributed by atoms with E-state index in [1.165, 1.54) is 4.90 Å². The molecule has 2 amide bonds. The van der Waals surface area contributed by atoms with Gasteiger partial charge in [-0.15, -0.1) is 0 Å². The molecule has 1 aliphatic rings. The zero-order valence-electron chi connectivity index (χ0n) is 10.9. The molecule has 1 aromatic carbocycles. The first-order valence-electron chi connectivity index (χ1n) is 6.31. The molecule has 2 rings (SSSR count). The smallest absolute Gasteiger partial charge is 0.313 e. The number of nitrogens with zero attached hydrogens (tertiary/aromatic N) is 1. The van der Waals surface area contributed by atoms with Crippen LogP contribution in [0.1, 0.15) is 12.8 Å². The van der Waals surface area contributed by atoms with Gasteiger partial charge in [-0.3, -0.25) is 9.59 Å². The number of halogens is 3. The minimum Gasteiger partial charge on any atom is -0.393 e. The summed E-state index contributed by atoms with van der Waals surface area (Å²) in [6.07, 6.45) is 0.313. The van der Waals surface area contributed by atoms with E-state index in [0.29, 0.717) is 25.0 Å². The topological polar surface area (TPSA) is 69.6 Å². The fraction of sp³-hybridized carbons (Fsp3) is 0.385. The number of carbonyl (C=O) groups is 2. The molecule has 1 heterocycles. The molecular weight excluding hydrogens is 306 g/mol. The molecule has 0 atom stereocenters. The highest BCUT2D eigenvalue weighted by Gasteiger charge is 2.26. The van der Waals surface area contributed by atoms with E-state index in [-0.39, 0.29) is 23.8 Å². The molecule has 2 N–H and O–H groups in total. The van der Waals surface area contributed by atoms with Crippen LogP contribution in [0.5, 0.6) is 0 Å². The molecule has 0 aliphatic carbocycles. The summed E-state index contributed by atoms with van der Waals surface area (Å²) in [4.78, 5) is 25.0. The predicted molar refractivity (Wildman–Crippen MR) is 71.8 cm³/mol. The summed E-state index contributed by atoms with van der Waals surface area (Å²) >= 11 is 5.68. The first-order valence-corrected chi connectivity index (χ1v) is 6.69. The number of aliphatic hydroxyl groups excluding tert-OH is 1. The second kappa shape index (κ2) is 6.36. The Balaban J connectivity index is 2.04. The fourth-order valence-corrected chi connectivity index (χ4v) is 2.20. The summed E-state index contributed by atoms with van der Waals surface area (Å²) in [7, 11) is 0. The van der Waals surface area contributed by atoms with Crippen LogP contribution >= 0.6 is 11.6 Å². The van der Waals surface area contributed by atoms with Crippen molar-refractivity contribution in [2.24, 2.45) is 0 Å². The standard InChI is InChI=1S/C13H13ClF2N2O3/c14-8-5-9(15)10(16)6-11(8)17-12(20)13(21)18-3-1-7(19)2-4-18/h5-7,19H,1-4H2,(H,17,20). The molecule has 1 saturated heterocycles. The molecule has 0 unspecified atom stereocenters. The van der Waals surface area contributed by atoms with Crippen molar-refractivity contribution in [1.82, 2.24) is 4.90 Å². The zero-order chi connectivity index (χ0) is 15.6. The van der Waals surface area contributed by atoms with Gasteiger partial charge in [0.1, 0.15) is 0 Å². The van der Waals surface area contributed by atoms with Crippen LogP contribution in [-0.2, 0) is 9.59 Å². The molecule has 1 aromatic rings. The third-order valence-corrected chi connectivity index (χ3v) is 3.52. The van der Waals surface area contributed by atoms with E-state index >= 15 is 0 Å². The first kappa shape index (κ1) is 15.7. The number of benzene rings is 1. The highest BCUT2D eigenvalue weighted by atomic mass is 35.5. The van der Waals surface area contributed by atoms with Gasteiger partial charge in [-0.1, -0.05) is 11.6 Å². The molecule has 21 heavy (non-hydrogen) atoms. The molecule has 0 aromatic heterocycles. The van der Waals surface area contributed by atoms with Gasteiger partial charge in [0.25, 0.3) is 0 Å². The Morgan fingerprint density at radius 1 is 1.24 bits per heavy atom. The van der Waals surface area contributed by atoms with Gasteiger partial charge in [0.15, 0.2) is 11.6 Å². The SMILES string of the molecule is O=C(Nc1cc(F)c(F)cc1Cl)C(=O)N1CCC(O)CC1. The van der Waals surface area contributed by atoms with Crippen LogP contribution in [0.4, 0.5) is 14.5 Å². The van der Waals surface area contributed by atoms with Gasteiger partial charge in [0, 0.05) is 19.2 Å². The van der Waals surface area contributed by atoms with Gasteiger partial charge in [-0.2, -0.15) is 0 Å². The van der Waals surface area contributed by atoms with Gasteiger partial charge in [-0.05, 0) is 18.9 Å². The third kappa shape index (κ3) is 3.68. The number of anilines is 1. The van der Waals surface area contributed by atoms with Crippen molar-refractivity contribution in [1.29, 1.82) is 0 Å². The van der Waals surface area contributed by atoms with Crippen LogP contribution < -0.4 is 5.32 Å². The third-order valence-electron chi connectivity index (χ3n) is 3.20. The number of hydrogen-bond acceptors (Lipinski definition) is 3. The van der Waals surface area contributed by atoms with Crippen molar-refractivity contribution in [3.63, 3.8) is 0 Å². The quantitative estimate of drug-likeness (QED) is 0.609. The van der Waals surface area contributed by atoms with E-state index in [9.17, 15) is 23.5 Å². The molecule has 0 saturated carbocycles. The highest BCUT2D eigenvalue weighted by Crippen LogP contribution is 2.25. The summed E-state index contributed by atoms with van der Waals surface area (Å²) in [5, 5.41) is 11.3. The van der Waals surface area contributed by atoms with Crippen molar-refractivity contribution in [3.05, 3.63) is 28.8 Å². The lowest BCUT2D eigenvalue weighted by Gasteiger charge is -2.28. The van der Waals surface area contributed by atoms with E-state index in [2.05, 4.69) is 5.32 Å². The van der Waals surface area contributed by atoms with E-state index in [4.69, 9.17) is 11.6 Å². The lowest BCUT2D eigenvalue weighted by Crippen LogP contribution is -2.45. The van der Waals surface area contributed by atoms with Gasteiger partial charge in [0.2, 0.25) is 0 Å². The Morgan fingerprint density at radius 3 is 2.43 bits per heavy atom. The number of amides is 2. The first-order chi connectivity index (χ1) is 9.88. The van der Waals surface area contributed by atoms with Crippen molar-refractivity contribution >= 4 is 29.1 Å². The number of aliphatic hydroxyl groups is 1. The molecule has 1 fully saturated rings. The molecule has 0 radical (unpaired) electrons. The highest BCUT2D eigenvalue weighted by molar-refractivity contribution is 6.41. The Hall–Kier alpha value is -1.73. The number of hydrogen-bond donors (Lipinski definition) is 2. The van der Waals surface area contributed by atoms with E-state index < -0.39 is 29.6 Å². The molecule has 1 aliphatic heterocycles. The van der Waals surface area contributed by atoms with Crippen LogP contribution in [0.15, 0.2) is 12.1 Å².